The van der Waals surface area contributed by atoms with E-state index in [2.05, 4.69) is 5.32 Å². The van der Waals surface area contributed by atoms with Crippen molar-refractivity contribution in [1.29, 1.82) is 0 Å². The number of urea groups is 1. The zero-order valence-corrected chi connectivity index (χ0v) is 16.4. The van der Waals surface area contributed by atoms with Crippen molar-refractivity contribution in [1.82, 2.24) is 4.90 Å². The summed E-state index contributed by atoms with van der Waals surface area (Å²) in [6.07, 6.45) is 2.69. The SMILES string of the molecule is COC(=O)c1ccccc1NC(=O)N1CCC(Cc2ccc(C(N)=O)cc2)CC1. The monoisotopic (exact) mass is 395 g/mol. The van der Waals surface area contributed by atoms with E-state index in [9.17, 15) is 14.4 Å². The van der Waals surface area contributed by atoms with E-state index in [0.29, 0.717) is 35.8 Å². The molecule has 0 aliphatic carbocycles. The summed E-state index contributed by atoms with van der Waals surface area (Å²) in [5, 5.41) is 2.82. The first kappa shape index (κ1) is 20.4. The predicted octanol–water partition coefficient (Wildman–Crippen LogP) is 3.06. The number of ether oxygens (including phenoxy) is 1. The summed E-state index contributed by atoms with van der Waals surface area (Å²) in [7, 11) is 1.31. The average Bonchev–Trinajstić information content (AvgIpc) is 2.74. The van der Waals surface area contributed by atoms with Crippen molar-refractivity contribution in [3.8, 4) is 0 Å². The number of benzene rings is 2. The second kappa shape index (κ2) is 9.23. The molecule has 1 saturated heterocycles. The number of esters is 1. The summed E-state index contributed by atoms with van der Waals surface area (Å²) in [5.74, 6) is -0.438. The fraction of sp³-hybridized carbons (Fsp3) is 0.318. The number of nitrogens with one attached hydrogen (secondary N) is 1. The number of piperidine rings is 1. The lowest BCUT2D eigenvalue weighted by Crippen LogP contribution is -2.41. The third kappa shape index (κ3) is 5.13. The number of likely N-dealkylation sites (tertiary alicyclic amines) is 1. The molecule has 29 heavy (non-hydrogen) atoms. The summed E-state index contributed by atoms with van der Waals surface area (Å²) in [4.78, 5) is 37.4. The summed E-state index contributed by atoms with van der Waals surface area (Å²) in [6, 6.07) is 13.9. The molecule has 2 aromatic rings. The van der Waals surface area contributed by atoms with Crippen LogP contribution in [0.25, 0.3) is 0 Å². The number of hydrogen-bond acceptors (Lipinski definition) is 4. The highest BCUT2D eigenvalue weighted by Gasteiger charge is 2.24. The van der Waals surface area contributed by atoms with Crippen LogP contribution in [0.5, 0.6) is 0 Å². The van der Waals surface area contributed by atoms with Crippen molar-refractivity contribution in [3.63, 3.8) is 0 Å². The van der Waals surface area contributed by atoms with Gasteiger partial charge in [-0.2, -0.15) is 0 Å². The first-order valence-electron chi connectivity index (χ1n) is 9.60. The van der Waals surface area contributed by atoms with Crippen molar-refractivity contribution in [2.75, 3.05) is 25.5 Å². The van der Waals surface area contributed by atoms with E-state index in [-0.39, 0.29) is 6.03 Å². The van der Waals surface area contributed by atoms with Gasteiger partial charge in [0.1, 0.15) is 0 Å². The number of carbonyl (C=O) groups is 3. The third-order valence-electron chi connectivity index (χ3n) is 5.24. The van der Waals surface area contributed by atoms with Gasteiger partial charge in [-0.3, -0.25) is 4.79 Å². The summed E-state index contributed by atoms with van der Waals surface area (Å²) in [6.45, 7) is 1.30. The number of nitrogens with two attached hydrogens (primary N) is 1. The summed E-state index contributed by atoms with van der Waals surface area (Å²) in [5.41, 5.74) is 7.71. The molecule has 2 aromatic carbocycles. The van der Waals surface area contributed by atoms with Crippen LogP contribution < -0.4 is 11.1 Å². The standard InChI is InChI=1S/C22H25N3O4/c1-29-21(27)18-4-2-3-5-19(18)24-22(28)25-12-10-16(11-13-25)14-15-6-8-17(9-7-15)20(23)26/h2-9,16H,10-14H2,1H3,(H2,23,26)(H,24,28). The molecule has 3 amide bonds. The molecule has 3 N–H and O–H groups in total. The zero-order chi connectivity index (χ0) is 20.8. The largest absolute Gasteiger partial charge is 0.465 e. The number of nitrogens with zero attached hydrogens (tertiary/aromatic N) is 1. The number of carbonyl (C=O) groups excluding carboxylic acids is 3. The predicted molar refractivity (Wildman–Crippen MR) is 110 cm³/mol. The van der Waals surface area contributed by atoms with E-state index in [0.717, 1.165) is 24.8 Å². The van der Waals surface area contributed by atoms with Gasteiger partial charge in [-0.25, -0.2) is 9.59 Å². The Bertz CT molecular complexity index is 887. The number of amides is 3. The number of hydrogen-bond donors (Lipinski definition) is 2. The molecule has 0 aromatic heterocycles. The average molecular weight is 395 g/mol. The minimum Gasteiger partial charge on any atom is -0.465 e. The van der Waals surface area contributed by atoms with Crippen LogP contribution in [-0.4, -0.2) is 43.0 Å². The molecule has 1 fully saturated rings. The lowest BCUT2D eigenvalue weighted by Gasteiger charge is -2.32. The fourth-order valence-corrected chi connectivity index (χ4v) is 3.55. The lowest BCUT2D eigenvalue weighted by atomic mass is 9.90. The van der Waals surface area contributed by atoms with Gasteiger partial charge in [-0.05, 0) is 55.0 Å². The Morgan fingerprint density at radius 2 is 1.72 bits per heavy atom. The lowest BCUT2D eigenvalue weighted by molar-refractivity contribution is 0.0601. The van der Waals surface area contributed by atoms with Crippen LogP contribution in [0.1, 0.15) is 39.1 Å². The van der Waals surface area contributed by atoms with Crippen molar-refractivity contribution in [3.05, 3.63) is 65.2 Å². The topological polar surface area (TPSA) is 102 Å². The molecule has 0 unspecified atom stereocenters. The van der Waals surface area contributed by atoms with Crippen molar-refractivity contribution < 1.29 is 19.1 Å². The quantitative estimate of drug-likeness (QED) is 0.760. The molecule has 0 atom stereocenters. The molecule has 0 spiro atoms. The highest BCUT2D eigenvalue weighted by atomic mass is 16.5. The van der Waals surface area contributed by atoms with Gasteiger partial charge in [-0.15, -0.1) is 0 Å². The van der Waals surface area contributed by atoms with Gasteiger partial charge in [0, 0.05) is 18.7 Å². The van der Waals surface area contributed by atoms with Crippen LogP contribution in [0.3, 0.4) is 0 Å². The smallest absolute Gasteiger partial charge is 0.339 e. The molecule has 1 aliphatic rings. The molecule has 0 saturated carbocycles. The molecule has 0 bridgehead atoms. The van der Waals surface area contributed by atoms with Crippen LogP contribution in [0.2, 0.25) is 0 Å². The highest BCUT2D eigenvalue weighted by Crippen LogP contribution is 2.23. The second-order valence-electron chi connectivity index (χ2n) is 7.16. The van der Waals surface area contributed by atoms with Gasteiger partial charge >= 0.3 is 12.0 Å². The minimum atomic E-state index is -0.484. The first-order chi connectivity index (χ1) is 14.0. The Balaban J connectivity index is 1.53. The van der Waals surface area contributed by atoms with E-state index in [1.807, 2.05) is 12.1 Å². The summed E-state index contributed by atoms with van der Waals surface area (Å²) < 4.78 is 4.77. The maximum Gasteiger partial charge on any atom is 0.339 e. The van der Waals surface area contributed by atoms with E-state index in [4.69, 9.17) is 10.5 Å². The molecule has 152 valence electrons. The number of anilines is 1. The van der Waals surface area contributed by atoms with Gasteiger partial charge in [0.25, 0.3) is 0 Å². The van der Waals surface area contributed by atoms with Gasteiger partial charge in [0.05, 0.1) is 18.4 Å². The van der Waals surface area contributed by atoms with E-state index < -0.39 is 11.9 Å². The molecule has 3 rings (SSSR count). The first-order valence-corrected chi connectivity index (χ1v) is 9.60. The number of methoxy groups -OCH3 is 1. The van der Waals surface area contributed by atoms with Gasteiger partial charge in [0.2, 0.25) is 5.91 Å². The van der Waals surface area contributed by atoms with Crippen LogP contribution in [0.4, 0.5) is 10.5 Å². The molecule has 7 heteroatoms. The Labute approximate surface area is 169 Å². The molecule has 0 radical (unpaired) electrons. The van der Waals surface area contributed by atoms with Gasteiger partial charge in [0.15, 0.2) is 0 Å². The van der Waals surface area contributed by atoms with Gasteiger partial charge < -0.3 is 20.7 Å². The molecular weight excluding hydrogens is 370 g/mol. The number of primary amides is 1. The van der Waals surface area contributed by atoms with Crippen LogP contribution in [-0.2, 0) is 11.2 Å². The second-order valence-corrected chi connectivity index (χ2v) is 7.16. The number of rotatable bonds is 5. The van der Waals surface area contributed by atoms with Crippen molar-refractivity contribution in [2.45, 2.75) is 19.3 Å². The maximum absolute atomic E-state index is 12.6. The van der Waals surface area contributed by atoms with Gasteiger partial charge in [-0.1, -0.05) is 24.3 Å². The Morgan fingerprint density at radius 3 is 2.34 bits per heavy atom. The Morgan fingerprint density at radius 1 is 1.07 bits per heavy atom. The van der Waals surface area contributed by atoms with Crippen LogP contribution in [0.15, 0.2) is 48.5 Å². The maximum atomic E-state index is 12.6. The van der Waals surface area contributed by atoms with Crippen molar-refractivity contribution in [2.24, 2.45) is 11.7 Å². The van der Waals surface area contributed by atoms with E-state index in [1.165, 1.54) is 7.11 Å². The summed E-state index contributed by atoms with van der Waals surface area (Å²) >= 11 is 0. The minimum absolute atomic E-state index is 0.217. The van der Waals surface area contributed by atoms with E-state index in [1.54, 1.807) is 41.3 Å². The Hall–Kier alpha value is -3.35. The zero-order valence-electron chi connectivity index (χ0n) is 16.4. The van der Waals surface area contributed by atoms with E-state index >= 15 is 0 Å². The number of para-hydroxylation sites is 1. The molecular formula is C22H25N3O4. The fourth-order valence-electron chi connectivity index (χ4n) is 3.55. The van der Waals surface area contributed by atoms with Crippen LogP contribution in [0, 0.1) is 5.92 Å². The van der Waals surface area contributed by atoms with Crippen molar-refractivity contribution >= 4 is 23.6 Å². The third-order valence-corrected chi connectivity index (χ3v) is 5.24. The highest BCUT2D eigenvalue weighted by molar-refractivity contribution is 6.00. The van der Waals surface area contributed by atoms with Crippen LogP contribution >= 0.6 is 0 Å². The normalized spacial score (nSPS) is 14.3. The Kier molecular flexibility index (Phi) is 6.49. The molecule has 1 heterocycles. The molecule has 1 aliphatic heterocycles. The molecule has 7 nitrogen and oxygen atoms in total.